The lowest BCUT2D eigenvalue weighted by Crippen LogP contribution is -2.16. The number of carboxylic acids is 1. The number of aromatic nitrogens is 3. The monoisotopic (exact) mass is 197 g/mol. The smallest absolute Gasteiger partial charge is 0.358 e. The Bertz CT molecular complexity index is 330. The van der Waals surface area contributed by atoms with Crippen LogP contribution in [0.25, 0.3) is 0 Å². The quantitative estimate of drug-likeness (QED) is 0.716. The molecule has 2 N–H and O–H groups in total. The van der Waals surface area contributed by atoms with E-state index in [0.717, 1.165) is 12.8 Å². The van der Waals surface area contributed by atoms with Crippen molar-refractivity contribution < 1.29 is 14.6 Å². The largest absolute Gasteiger partial charge is 0.476 e. The van der Waals surface area contributed by atoms with Gasteiger partial charge >= 0.3 is 5.97 Å². The summed E-state index contributed by atoms with van der Waals surface area (Å²) in [5.74, 6) is -0.867. The van der Waals surface area contributed by atoms with Gasteiger partial charge in [-0.2, -0.15) is 10.3 Å². The standard InChI is InChI=1S/C8H11N3O3/c12-8(13)7-6(9-11-10-7)5-1-3-14-4-2-5/h5H,1-4H2,(H,12,13)(H,9,10,11). The number of carboxylic acid groups (broad SMARTS) is 1. The van der Waals surface area contributed by atoms with E-state index in [1.54, 1.807) is 0 Å². The van der Waals surface area contributed by atoms with E-state index in [2.05, 4.69) is 15.4 Å². The van der Waals surface area contributed by atoms with Gasteiger partial charge in [-0.15, -0.1) is 5.10 Å². The number of aromatic carboxylic acids is 1. The molecule has 0 spiro atoms. The van der Waals surface area contributed by atoms with E-state index in [-0.39, 0.29) is 11.6 Å². The van der Waals surface area contributed by atoms with Gasteiger partial charge in [0.05, 0.1) is 0 Å². The average molecular weight is 197 g/mol. The lowest BCUT2D eigenvalue weighted by Gasteiger charge is -2.19. The van der Waals surface area contributed by atoms with Gasteiger partial charge in [-0.3, -0.25) is 0 Å². The van der Waals surface area contributed by atoms with Crippen LogP contribution in [0.3, 0.4) is 0 Å². The summed E-state index contributed by atoms with van der Waals surface area (Å²) in [6.07, 6.45) is 1.62. The van der Waals surface area contributed by atoms with Gasteiger partial charge < -0.3 is 9.84 Å². The molecule has 1 aromatic rings. The van der Waals surface area contributed by atoms with Gasteiger partial charge in [0.15, 0.2) is 5.69 Å². The summed E-state index contributed by atoms with van der Waals surface area (Å²) in [5, 5.41) is 18.7. The van der Waals surface area contributed by atoms with Crippen molar-refractivity contribution in [2.24, 2.45) is 0 Å². The number of rotatable bonds is 2. The van der Waals surface area contributed by atoms with Gasteiger partial charge in [0.1, 0.15) is 5.69 Å². The third-order valence-corrected chi connectivity index (χ3v) is 2.39. The van der Waals surface area contributed by atoms with Crippen LogP contribution >= 0.6 is 0 Å². The predicted molar refractivity (Wildman–Crippen MR) is 46.1 cm³/mol. The predicted octanol–water partition coefficient (Wildman–Crippen LogP) is 0.397. The van der Waals surface area contributed by atoms with Crippen LogP contribution in [0.5, 0.6) is 0 Å². The topological polar surface area (TPSA) is 88.1 Å². The van der Waals surface area contributed by atoms with Gasteiger partial charge in [0.2, 0.25) is 0 Å². The third kappa shape index (κ3) is 1.60. The Morgan fingerprint density at radius 3 is 2.79 bits per heavy atom. The van der Waals surface area contributed by atoms with Crippen LogP contribution in [-0.4, -0.2) is 39.7 Å². The molecule has 1 aromatic heterocycles. The molecule has 0 aliphatic carbocycles. The lowest BCUT2D eigenvalue weighted by molar-refractivity contribution is 0.0678. The number of aromatic amines is 1. The van der Waals surface area contributed by atoms with Crippen LogP contribution < -0.4 is 0 Å². The van der Waals surface area contributed by atoms with Crippen LogP contribution in [0.15, 0.2) is 0 Å². The number of nitrogens with zero attached hydrogens (tertiary/aromatic N) is 2. The van der Waals surface area contributed by atoms with Crippen molar-refractivity contribution in [1.82, 2.24) is 15.4 Å². The van der Waals surface area contributed by atoms with E-state index < -0.39 is 5.97 Å². The molecule has 2 heterocycles. The Morgan fingerprint density at radius 1 is 1.43 bits per heavy atom. The van der Waals surface area contributed by atoms with Crippen molar-refractivity contribution in [2.45, 2.75) is 18.8 Å². The van der Waals surface area contributed by atoms with Crippen molar-refractivity contribution in [3.8, 4) is 0 Å². The molecule has 1 aliphatic heterocycles. The zero-order valence-corrected chi connectivity index (χ0v) is 7.56. The minimum Gasteiger partial charge on any atom is -0.476 e. The van der Waals surface area contributed by atoms with Gasteiger partial charge in [-0.25, -0.2) is 4.79 Å². The molecule has 6 heteroatoms. The Morgan fingerprint density at radius 2 is 2.14 bits per heavy atom. The molecular weight excluding hydrogens is 186 g/mol. The van der Waals surface area contributed by atoms with Crippen molar-refractivity contribution in [1.29, 1.82) is 0 Å². The molecule has 1 fully saturated rings. The van der Waals surface area contributed by atoms with Gasteiger partial charge in [0.25, 0.3) is 0 Å². The maximum absolute atomic E-state index is 10.8. The van der Waals surface area contributed by atoms with Crippen molar-refractivity contribution in [3.05, 3.63) is 11.4 Å². The highest BCUT2D eigenvalue weighted by atomic mass is 16.5. The van der Waals surface area contributed by atoms with Crippen molar-refractivity contribution in [3.63, 3.8) is 0 Å². The second-order valence-corrected chi connectivity index (χ2v) is 3.25. The van der Waals surface area contributed by atoms with E-state index in [9.17, 15) is 4.79 Å². The number of H-pyrrole nitrogens is 1. The molecule has 0 radical (unpaired) electrons. The molecule has 6 nitrogen and oxygen atoms in total. The fourth-order valence-electron chi connectivity index (χ4n) is 1.65. The summed E-state index contributed by atoms with van der Waals surface area (Å²) in [6.45, 7) is 1.33. The molecule has 0 unspecified atom stereocenters. The first-order valence-corrected chi connectivity index (χ1v) is 4.50. The third-order valence-electron chi connectivity index (χ3n) is 2.39. The summed E-state index contributed by atoms with van der Waals surface area (Å²) in [6, 6.07) is 0. The van der Waals surface area contributed by atoms with E-state index >= 15 is 0 Å². The lowest BCUT2D eigenvalue weighted by atomic mass is 9.95. The van der Waals surface area contributed by atoms with Crippen molar-refractivity contribution >= 4 is 5.97 Å². The minimum atomic E-state index is -1.03. The second kappa shape index (κ2) is 3.75. The highest BCUT2D eigenvalue weighted by molar-refractivity contribution is 5.86. The summed E-state index contributed by atoms with van der Waals surface area (Å²) in [7, 11) is 0. The zero-order chi connectivity index (χ0) is 9.97. The minimum absolute atomic E-state index is 0.0388. The average Bonchev–Trinajstić information content (AvgIpc) is 2.67. The Hall–Kier alpha value is -1.43. The zero-order valence-electron chi connectivity index (χ0n) is 7.56. The molecular formula is C8H11N3O3. The molecule has 0 atom stereocenters. The summed E-state index contributed by atoms with van der Waals surface area (Å²) in [5.41, 5.74) is 0.595. The van der Waals surface area contributed by atoms with E-state index in [1.165, 1.54) is 0 Å². The highest BCUT2D eigenvalue weighted by Crippen LogP contribution is 2.26. The van der Waals surface area contributed by atoms with Gasteiger partial charge in [-0.05, 0) is 12.8 Å². The first-order chi connectivity index (χ1) is 6.79. The molecule has 0 saturated carbocycles. The summed E-state index contributed by atoms with van der Waals surface area (Å²) >= 11 is 0. The Kier molecular flexibility index (Phi) is 2.45. The number of hydrogen-bond acceptors (Lipinski definition) is 4. The SMILES string of the molecule is O=C(O)c1n[nH]nc1C1CCOCC1. The van der Waals surface area contributed by atoms with E-state index in [4.69, 9.17) is 9.84 Å². The van der Waals surface area contributed by atoms with Crippen LogP contribution in [0.4, 0.5) is 0 Å². The number of nitrogens with one attached hydrogen (secondary N) is 1. The van der Waals surface area contributed by atoms with Crippen LogP contribution in [0.2, 0.25) is 0 Å². The number of hydrogen-bond donors (Lipinski definition) is 2. The van der Waals surface area contributed by atoms with E-state index in [1.807, 2.05) is 0 Å². The molecule has 1 aliphatic rings. The number of ether oxygens (including phenoxy) is 1. The highest BCUT2D eigenvalue weighted by Gasteiger charge is 2.25. The molecule has 0 aromatic carbocycles. The molecule has 0 amide bonds. The van der Waals surface area contributed by atoms with Gasteiger partial charge in [-0.1, -0.05) is 0 Å². The first-order valence-electron chi connectivity index (χ1n) is 4.50. The molecule has 14 heavy (non-hydrogen) atoms. The molecule has 76 valence electrons. The first kappa shape index (κ1) is 9.14. The van der Waals surface area contributed by atoms with E-state index in [0.29, 0.717) is 18.9 Å². The summed E-state index contributed by atoms with van der Waals surface area (Å²) < 4.78 is 5.19. The van der Waals surface area contributed by atoms with Crippen LogP contribution in [0, 0.1) is 0 Å². The fourth-order valence-corrected chi connectivity index (χ4v) is 1.65. The van der Waals surface area contributed by atoms with Gasteiger partial charge in [0, 0.05) is 19.1 Å². The van der Waals surface area contributed by atoms with Crippen molar-refractivity contribution in [2.75, 3.05) is 13.2 Å². The number of carbonyl (C=O) groups is 1. The Labute approximate surface area is 80.3 Å². The maximum atomic E-state index is 10.8. The second-order valence-electron chi connectivity index (χ2n) is 3.25. The molecule has 1 saturated heterocycles. The van der Waals surface area contributed by atoms with Crippen LogP contribution in [-0.2, 0) is 4.74 Å². The summed E-state index contributed by atoms with van der Waals surface area (Å²) in [4.78, 5) is 10.8. The molecule has 0 bridgehead atoms. The molecule has 2 rings (SSSR count). The van der Waals surface area contributed by atoms with Crippen LogP contribution in [0.1, 0.15) is 34.9 Å². The Balaban J connectivity index is 2.21. The fraction of sp³-hybridized carbons (Fsp3) is 0.625. The normalized spacial score (nSPS) is 18.3. The maximum Gasteiger partial charge on any atom is 0.358 e.